The average molecular weight is 268 g/mol. The van der Waals surface area contributed by atoms with Crippen molar-refractivity contribution >= 4 is 0 Å². The number of hydrogen-bond acceptors (Lipinski definition) is 1. The smallest absolute Gasteiger partial charge is 0.286 e. The molecule has 1 N–H and O–H groups in total. The lowest BCUT2D eigenvalue weighted by molar-refractivity contribution is 0.355. The molecule has 1 unspecified atom stereocenters. The molecule has 1 rings (SSSR count). The van der Waals surface area contributed by atoms with Gasteiger partial charge in [0.15, 0.2) is 0 Å². The van der Waals surface area contributed by atoms with Crippen molar-refractivity contribution in [1.29, 1.82) is 0 Å². The Labute approximate surface area is 117 Å². The maximum absolute atomic E-state index is 13.1. The fourth-order valence-electron chi connectivity index (χ4n) is 2.71. The van der Waals surface area contributed by atoms with Gasteiger partial charge in [0.25, 0.3) is 6.08 Å². The molecule has 0 amide bonds. The quantitative estimate of drug-likeness (QED) is 0.569. The highest BCUT2D eigenvalue weighted by Gasteiger charge is 2.27. The summed E-state index contributed by atoms with van der Waals surface area (Å²) in [5, 5.41) is 0. The van der Waals surface area contributed by atoms with Gasteiger partial charge in [-0.3, -0.25) is 0 Å². The molecule has 0 radical (unpaired) electrons. The summed E-state index contributed by atoms with van der Waals surface area (Å²) in [7, 11) is 0. The lowest BCUT2D eigenvalue weighted by atomic mass is 9.77. The molecule has 0 saturated carbocycles. The first-order valence-electron chi connectivity index (χ1n) is 7.83. The Morgan fingerprint density at radius 2 is 1.63 bits per heavy atom. The van der Waals surface area contributed by atoms with E-state index in [2.05, 4.69) is 30.7 Å². The first-order chi connectivity index (χ1) is 9.12. The first kappa shape index (κ1) is 16.2. The highest BCUT2D eigenvalue weighted by Crippen LogP contribution is 2.34. The summed E-state index contributed by atoms with van der Waals surface area (Å²) in [6.07, 6.45) is 12.2. The minimum Gasteiger partial charge on any atom is -0.318 e. The Morgan fingerprint density at radius 1 is 1.05 bits per heavy atom. The van der Waals surface area contributed by atoms with Crippen LogP contribution in [0.1, 0.15) is 84.3 Å². The molecule has 2 nitrogen and oxygen atoms in total. The zero-order valence-electron chi connectivity index (χ0n) is 12.8. The molecule has 0 spiro atoms. The fourth-order valence-corrected chi connectivity index (χ4v) is 2.71. The highest BCUT2D eigenvalue weighted by atomic mass is 19.1. The number of aromatic nitrogens is 2. The molecule has 19 heavy (non-hydrogen) atoms. The molecule has 0 aliphatic heterocycles. The van der Waals surface area contributed by atoms with E-state index >= 15 is 0 Å². The van der Waals surface area contributed by atoms with Crippen LogP contribution in [0, 0.1) is 6.08 Å². The number of hydrogen-bond donors (Lipinski definition) is 1. The summed E-state index contributed by atoms with van der Waals surface area (Å²) >= 11 is 0. The van der Waals surface area contributed by atoms with Crippen molar-refractivity contribution in [2.24, 2.45) is 0 Å². The SMILES string of the molecule is CCCCCCC(C)(CCCCC)c1cnc(F)[nH]1. The summed E-state index contributed by atoms with van der Waals surface area (Å²) in [6.45, 7) is 6.70. The van der Waals surface area contributed by atoms with Gasteiger partial charge in [-0.15, -0.1) is 0 Å². The second-order valence-electron chi connectivity index (χ2n) is 5.92. The molecule has 3 heteroatoms. The van der Waals surface area contributed by atoms with E-state index in [1.807, 2.05) is 0 Å². The van der Waals surface area contributed by atoms with Gasteiger partial charge in [-0.1, -0.05) is 65.7 Å². The summed E-state index contributed by atoms with van der Waals surface area (Å²) in [5.74, 6) is 0. The zero-order valence-corrected chi connectivity index (χ0v) is 12.8. The number of nitrogens with one attached hydrogen (secondary N) is 1. The van der Waals surface area contributed by atoms with Gasteiger partial charge in [0.2, 0.25) is 0 Å². The van der Waals surface area contributed by atoms with Crippen LogP contribution in [0.4, 0.5) is 4.39 Å². The normalized spacial score (nSPS) is 14.5. The Kier molecular flexibility index (Phi) is 7.11. The third kappa shape index (κ3) is 5.33. The van der Waals surface area contributed by atoms with E-state index < -0.39 is 6.08 Å². The third-order valence-electron chi connectivity index (χ3n) is 4.11. The highest BCUT2D eigenvalue weighted by molar-refractivity contribution is 5.12. The molecule has 110 valence electrons. The van der Waals surface area contributed by atoms with Gasteiger partial charge in [-0.05, 0) is 12.8 Å². The number of imidazole rings is 1. The standard InChI is InChI=1S/C16H29FN2/c1-4-6-8-10-12-16(3,11-9-7-5-2)14-13-18-15(17)19-14/h13H,4-12H2,1-3H3,(H,18,19). The average Bonchev–Trinajstić information content (AvgIpc) is 2.82. The van der Waals surface area contributed by atoms with Crippen molar-refractivity contribution in [3.05, 3.63) is 18.0 Å². The molecule has 0 saturated heterocycles. The molecule has 0 fully saturated rings. The Morgan fingerprint density at radius 3 is 2.16 bits per heavy atom. The third-order valence-corrected chi connectivity index (χ3v) is 4.11. The molecule has 1 aromatic rings. The maximum Gasteiger partial charge on any atom is 0.286 e. The molecular formula is C16H29FN2. The topological polar surface area (TPSA) is 28.7 Å². The number of nitrogens with zero attached hydrogens (tertiary/aromatic N) is 1. The number of aromatic amines is 1. The van der Waals surface area contributed by atoms with Gasteiger partial charge < -0.3 is 4.98 Å². The van der Waals surface area contributed by atoms with Crippen LogP contribution >= 0.6 is 0 Å². The van der Waals surface area contributed by atoms with Crippen molar-refractivity contribution in [3.63, 3.8) is 0 Å². The fraction of sp³-hybridized carbons (Fsp3) is 0.812. The molecular weight excluding hydrogens is 239 g/mol. The monoisotopic (exact) mass is 268 g/mol. The molecule has 0 aliphatic carbocycles. The lowest BCUT2D eigenvalue weighted by Crippen LogP contribution is -2.22. The summed E-state index contributed by atoms with van der Waals surface area (Å²) < 4.78 is 13.1. The van der Waals surface area contributed by atoms with Gasteiger partial charge in [0, 0.05) is 11.1 Å². The number of unbranched alkanes of at least 4 members (excludes halogenated alkanes) is 5. The number of H-pyrrole nitrogens is 1. The van der Waals surface area contributed by atoms with Crippen LogP contribution in [0.15, 0.2) is 6.20 Å². The van der Waals surface area contributed by atoms with Crippen LogP contribution in [-0.2, 0) is 5.41 Å². The Hall–Kier alpha value is -0.860. The van der Waals surface area contributed by atoms with Gasteiger partial charge in [0.05, 0.1) is 6.20 Å². The lowest BCUT2D eigenvalue weighted by Gasteiger charge is -2.28. The second kappa shape index (κ2) is 8.34. The van der Waals surface area contributed by atoms with Gasteiger partial charge >= 0.3 is 0 Å². The van der Waals surface area contributed by atoms with Crippen molar-refractivity contribution in [3.8, 4) is 0 Å². The Bertz CT molecular complexity index is 348. The van der Waals surface area contributed by atoms with Gasteiger partial charge in [0.1, 0.15) is 0 Å². The van der Waals surface area contributed by atoms with E-state index in [1.165, 1.54) is 44.9 Å². The van der Waals surface area contributed by atoms with E-state index in [0.717, 1.165) is 18.5 Å². The van der Waals surface area contributed by atoms with Gasteiger partial charge in [-0.2, -0.15) is 4.39 Å². The van der Waals surface area contributed by atoms with Crippen LogP contribution in [0.25, 0.3) is 0 Å². The van der Waals surface area contributed by atoms with E-state index in [-0.39, 0.29) is 5.41 Å². The summed E-state index contributed by atoms with van der Waals surface area (Å²) in [6, 6.07) is 0. The maximum atomic E-state index is 13.1. The predicted octanol–water partition coefficient (Wildman–Crippen LogP) is 5.36. The Balaban J connectivity index is 2.60. The van der Waals surface area contributed by atoms with E-state index in [9.17, 15) is 4.39 Å². The summed E-state index contributed by atoms with van der Waals surface area (Å²) in [4.78, 5) is 6.54. The molecule has 0 bridgehead atoms. The van der Waals surface area contributed by atoms with Crippen molar-refractivity contribution in [2.75, 3.05) is 0 Å². The van der Waals surface area contributed by atoms with Crippen LogP contribution in [0.5, 0.6) is 0 Å². The molecule has 0 aliphatic rings. The van der Waals surface area contributed by atoms with E-state index in [0.29, 0.717) is 0 Å². The molecule has 1 atom stereocenters. The summed E-state index contributed by atoms with van der Waals surface area (Å²) in [5.41, 5.74) is 1.03. The minimum absolute atomic E-state index is 0.0558. The van der Waals surface area contributed by atoms with Gasteiger partial charge in [-0.25, -0.2) is 4.98 Å². The van der Waals surface area contributed by atoms with Crippen molar-refractivity contribution in [1.82, 2.24) is 9.97 Å². The predicted molar refractivity (Wildman–Crippen MR) is 78.8 cm³/mol. The van der Waals surface area contributed by atoms with Crippen molar-refractivity contribution < 1.29 is 4.39 Å². The van der Waals surface area contributed by atoms with Crippen LogP contribution < -0.4 is 0 Å². The number of rotatable bonds is 10. The van der Waals surface area contributed by atoms with Crippen LogP contribution in [0.2, 0.25) is 0 Å². The largest absolute Gasteiger partial charge is 0.318 e. The molecule has 0 aromatic carbocycles. The molecule has 1 aromatic heterocycles. The van der Waals surface area contributed by atoms with E-state index in [1.54, 1.807) is 6.20 Å². The van der Waals surface area contributed by atoms with E-state index in [4.69, 9.17) is 0 Å². The zero-order chi connectivity index (χ0) is 14.1. The number of halogens is 1. The second-order valence-corrected chi connectivity index (χ2v) is 5.92. The minimum atomic E-state index is -0.453. The molecule has 1 heterocycles. The van der Waals surface area contributed by atoms with Crippen molar-refractivity contribution in [2.45, 2.75) is 84.0 Å². The van der Waals surface area contributed by atoms with Crippen LogP contribution in [0.3, 0.4) is 0 Å². The first-order valence-corrected chi connectivity index (χ1v) is 7.83. The van der Waals surface area contributed by atoms with Crippen LogP contribution in [-0.4, -0.2) is 9.97 Å².